The van der Waals surface area contributed by atoms with Crippen molar-refractivity contribution < 1.29 is 19.0 Å². The molecule has 5 nitrogen and oxygen atoms in total. The summed E-state index contributed by atoms with van der Waals surface area (Å²) in [6.07, 6.45) is 3.09. The lowest BCUT2D eigenvalue weighted by Gasteiger charge is -2.27. The Morgan fingerprint density at radius 1 is 1.20 bits per heavy atom. The van der Waals surface area contributed by atoms with Gasteiger partial charge >= 0.3 is 0 Å². The molecule has 1 aliphatic heterocycles. The number of ether oxygens (including phenoxy) is 3. The number of hydrogen-bond donors (Lipinski definition) is 1. The van der Waals surface area contributed by atoms with Crippen molar-refractivity contribution in [3.05, 3.63) is 53.1 Å². The average Bonchev–Trinajstić information content (AvgIpc) is 2.67. The zero-order chi connectivity index (χ0) is 17.2. The predicted octanol–water partition coefficient (Wildman–Crippen LogP) is 3.27. The number of fused-ring (bicyclic) bond motifs is 2. The van der Waals surface area contributed by atoms with Gasteiger partial charge in [0.15, 0.2) is 11.5 Å². The Bertz CT molecular complexity index is 785. The van der Waals surface area contributed by atoms with E-state index in [2.05, 4.69) is 23.5 Å². The Kier molecular flexibility index (Phi) is 4.22. The van der Waals surface area contributed by atoms with Crippen LogP contribution in [-0.4, -0.2) is 26.2 Å². The molecule has 2 aliphatic rings. The molecule has 0 radical (unpaired) electrons. The molecule has 0 saturated carbocycles. The van der Waals surface area contributed by atoms with E-state index >= 15 is 0 Å². The quantitative estimate of drug-likeness (QED) is 0.932. The fourth-order valence-electron chi connectivity index (χ4n) is 3.55. The molecule has 0 bridgehead atoms. The Balaban J connectivity index is 1.60. The summed E-state index contributed by atoms with van der Waals surface area (Å²) in [6, 6.07) is 11.8. The van der Waals surface area contributed by atoms with E-state index in [1.807, 2.05) is 6.07 Å². The van der Waals surface area contributed by atoms with Gasteiger partial charge in [0.2, 0.25) is 5.75 Å². The standard InChI is InChI=1S/C20H21NO4/c1-23-17-11-14(12-18-19(17)25-10-9-24-18)20(22)21-16-8-4-6-13-5-2-3-7-15(13)16/h2-3,5,7,11-12,16H,4,6,8-10H2,1H3,(H,21,22). The monoisotopic (exact) mass is 339 g/mol. The topological polar surface area (TPSA) is 56.8 Å². The lowest BCUT2D eigenvalue weighted by Crippen LogP contribution is -2.31. The largest absolute Gasteiger partial charge is 0.493 e. The van der Waals surface area contributed by atoms with Crippen LogP contribution in [0.5, 0.6) is 17.2 Å². The highest BCUT2D eigenvalue weighted by Crippen LogP contribution is 2.40. The van der Waals surface area contributed by atoms with E-state index in [9.17, 15) is 4.79 Å². The molecular weight excluding hydrogens is 318 g/mol. The van der Waals surface area contributed by atoms with E-state index < -0.39 is 0 Å². The highest BCUT2D eigenvalue weighted by molar-refractivity contribution is 5.96. The second-order valence-corrected chi connectivity index (χ2v) is 6.32. The molecule has 0 aromatic heterocycles. The fraction of sp³-hybridized carbons (Fsp3) is 0.350. The molecule has 0 saturated heterocycles. The molecule has 1 aliphatic carbocycles. The summed E-state index contributed by atoms with van der Waals surface area (Å²) in [5.41, 5.74) is 3.05. The van der Waals surface area contributed by atoms with Gasteiger partial charge in [-0.1, -0.05) is 24.3 Å². The maximum absolute atomic E-state index is 12.8. The van der Waals surface area contributed by atoms with Crippen molar-refractivity contribution in [3.8, 4) is 17.2 Å². The second kappa shape index (κ2) is 6.67. The molecule has 130 valence electrons. The number of methoxy groups -OCH3 is 1. The Morgan fingerprint density at radius 3 is 2.92 bits per heavy atom. The molecule has 1 atom stereocenters. The summed E-state index contributed by atoms with van der Waals surface area (Å²) >= 11 is 0. The van der Waals surface area contributed by atoms with Crippen LogP contribution in [0, 0.1) is 0 Å². The van der Waals surface area contributed by atoms with E-state index in [-0.39, 0.29) is 11.9 Å². The summed E-state index contributed by atoms with van der Waals surface area (Å²) in [6.45, 7) is 0.949. The molecule has 1 amide bonds. The van der Waals surface area contributed by atoms with E-state index in [1.54, 1.807) is 19.2 Å². The molecule has 4 rings (SSSR count). The van der Waals surface area contributed by atoms with Crippen LogP contribution in [0.1, 0.15) is 40.4 Å². The number of amides is 1. The first kappa shape index (κ1) is 15.8. The maximum atomic E-state index is 12.8. The summed E-state index contributed by atoms with van der Waals surface area (Å²) in [5.74, 6) is 1.51. The van der Waals surface area contributed by atoms with Gasteiger partial charge in [0.05, 0.1) is 13.2 Å². The number of carbonyl (C=O) groups is 1. The van der Waals surface area contributed by atoms with Gasteiger partial charge in [-0.05, 0) is 42.5 Å². The third-order valence-corrected chi connectivity index (χ3v) is 4.76. The average molecular weight is 339 g/mol. The van der Waals surface area contributed by atoms with Crippen LogP contribution in [0.4, 0.5) is 0 Å². The molecular formula is C20H21NO4. The van der Waals surface area contributed by atoms with Gasteiger partial charge in [-0.2, -0.15) is 0 Å². The SMILES string of the molecule is COc1cc(C(=O)NC2CCCc3ccccc32)cc2c1OCCO2. The molecule has 1 unspecified atom stereocenters. The van der Waals surface area contributed by atoms with Crippen LogP contribution in [0.2, 0.25) is 0 Å². The van der Waals surface area contributed by atoms with Gasteiger partial charge in [0.25, 0.3) is 5.91 Å². The number of carbonyl (C=O) groups excluding carboxylic acids is 1. The zero-order valence-electron chi connectivity index (χ0n) is 14.2. The first-order chi connectivity index (χ1) is 12.3. The van der Waals surface area contributed by atoms with Gasteiger partial charge in [-0.25, -0.2) is 0 Å². The van der Waals surface area contributed by atoms with Crippen molar-refractivity contribution in [1.82, 2.24) is 5.32 Å². The van der Waals surface area contributed by atoms with Crippen LogP contribution < -0.4 is 19.5 Å². The van der Waals surface area contributed by atoms with Gasteiger partial charge in [0.1, 0.15) is 13.2 Å². The highest BCUT2D eigenvalue weighted by atomic mass is 16.6. The number of nitrogens with one attached hydrogen (secondary N) is 1. The van der Waals surface area contributed by atoms with E-state index in [1.165, 1.54) is 11.1 Å². The number of benzene rings is 2. The van der Waals surface area contributed by atoms with Crippen LogP contribution in [-0.2, 0) is 6.42 Å². The summed E-state index contributed by atoms with van der Waals surface area (Å²) in [7, 11) is 1.56. The summed E-state index contributed by atoms with van der Waals surface area (Å²) in [5, 5.41) is 3.16. The highest BCUT2D eigenvalue weighted by Gasteiger charge is 2.24. The first-order valence-corrected chi connectivity index (χ1v) is 8.62. The van der Waals surface area contributed by atoms with Gasteiger partial charge in [-0.3, -0.25) is 4.79 Å². The lowest BCUT2D eigenvalue weighted by atomic mass is 9.87. The van der Waals surface area contributed by atoms with Crippen LogP contribution in [0.3, 0.4) is 0 Å². The minimum absolute atomic E-state index is 0.0386. The van der Waals surface area contributed by atoms with Gasteiger partial charge in [0, 0.05) is 5.56 Å². The number of rotatable bonds is 3. The van der Waals surface area contributed by atoms with Gasteiger partial charge in [-0.15, -0.1) is 0 Å². The van der Waals surface area contributed by atoms with E-state index in [4.69, 9.17) is 14.2 Å². The fourth-order valence-corrected chi connectivity index (χ4v) is 3.55. The van der Waals surface area contributed by atoms with Crippen molar-refractivity contribution in [2.45, 2.75) is 25.3 Å². The molecule has 1 N–H and O–H groups in total. The van der Waals surface area contributed by atoms with Crippen molar-refractivity contribution in [2.24, 2.45) is 0 Å². The third kappa shape index (κ3) is 3.02. The third-order valence-electron chi connectivity index (χ3n) is 4.76. The Morgan fingerprint density at radius 2 is 2.04 bits per heavy atom. The van der Waals surface area contributed by atoms with Crippen LogP contribution in [0.25, 0.3) is 0 Å². The molecule has 0 fully saturated rings. The molecule has 5 heteroatoms. The smallest absolute Gasteiger partial charge is 0.252 e. The molecule has 2 aromatic rings. The molecule has 0 spiro atoms. The minimum atomic E-state index is -0.128. The minimum Gasteiger partial charge on any atom is -0.493 e. The summed E-state index contributed by atoms with van der Waals surface area (Å²) < 4.78 is 16.6. The van der Waals surface area contributed by atoms with Crippen molar-refractivity contribution in [2.75, 3.05) is 20.3 Å². The van der Waals surface area contributed by atoms with Crippen molar-refractivity contribution >= 4 is 5.91 Å². The summed E-state index contributed by atoms with van der Waals surface area (Å²) in [4.78, 5) is 12.8. The van der Waals surface area contributed by atoms with E-state index in [0.717, 1.165) is 19.3 Å². The molecule has 1 heterocycles. The zero-order valence-corrected chi connectivity index (χ0v) is 14.2. The van der Waals surface area contributed by atoms with Crippen LogP contribution >= 0.6 is 0 Å². The Labute approximate surface area is 146 Å². The lowest BCUT2D eigenvalue weighted by molar-refractivity contribution is 0.0930. The van der Waals surface area contributed by atoms with Gasteiger partial charge < -0.3 is 19.5 Å². The Hall–Kier alpha value is -2.69. The second-order valence-electron chi connectivity index (χ2n) is 6.32. The van der Waals surface area contributed by atoms with Crippen molar-refractivity contribution in [1.29, 1.82) is 0 Å². The number of hydrogen-bond acceptors (Lipinski definition) is 4. The molecule has 25 heavy (non-hydrogen) atoms. The first-order valence-electron chi connectivity index (χ1n) is 8.62. The number of aryl methyl sites for hydroxylation is 1. The van der Waals surface area contributed by atoms with E-state index in [0.29, 0.717) is 36.0 Å². The van der Waals surface area contributed by atoms with Crippen molar-refractivity contribution in [3.63, 3.8) is 0 Å². The predicted molar refractivity (Wildman–Crippen MR) is 93.6 cm³/mol. The molecule has 2 aromatic carbocycles. The normalized spacial score (nSPS) is 18.2. The maximum Gasteiger partial charge on any atom is 0.252 e. The van der Waals surface area contributed by atoms with Crippen LogP contribution in [0.15, 0.2) is 36.4 Å².